The van der Waals surface area contributed by atoms with E-state index in [-0.39, 0.29) is 5.41 Å². The van der Waals surface area contributed by atoms with Gasteiger partial charge in [0.1, 0.15) is 0 Å². The predicted octanol–water partition coefficient (Wildman–Crippen LogP) is 5.15. The lowest BCUT2D eigenvalue weighted by molar-refractivity contribution is 0.590. The van der Waals surface area contributed by atoms with Crippen molar-refractivity contribution in [1.82, 2.24) is 9.78 Å². The fraction of sp³-hybridized carbons (Fsp3) is 0.250. The third-order valence-corrected chi connectivity index (χ3v) is 3.88. The van der Waals surface area contributed by atoms with E-state index in [1.807, 2.05) is 17.7 Å². The lowest BCUT2D eigenvalue weighted by Gasteiger charge is -2.19. The Balaban J connectivity index is 2.06. The Morgan fingerprint density at radius 3 is 2.09 bits per heavy atom. The molecule has 0 aliphatic carbocycles. The third-order valence-electron chi connectivity index (χ3n) is 3.88. The summed E-state index contributed by atoms with van der Waals surface area (Å²) >= 11 is 0. The van der Waals surface area contributed by atoms with Crippen molar-refractivity contribution in [1.29, 1.82) is 0 Å². The van der Waals surface area contributed by atoms with Crippen molar-refractivity contribution in [3.05, 3.63) is 71.9 Å². The number of hydrogen-bond acceptors (Lipinski definition) is 1. The van der Waals surface area contributed by atoms with Crippen molar-refractivity contribution in [2.75, 3.05) is 0 Å². The van der Waals surface area contributed by atoms with Crippen LogP contribution in [0.4, 0.5) is 0 Å². The van der Waals surface area contributed by atoms with Gasteiger partial charge in [-0.05, 0) is 36.1 Å². The second-order valence-electron chi connectivity index (χ2n) is 6.75. The van der Waals surface area contributed by atoms with Crippen molar-refractivity contribution < 1.29 is 0 Å². The molecule has 0 bridgehead atoms. The van der Waals surface area contributed by atoms with Crippen LogP contribution in [0.15, 0.2) is 60.7 Å². The van der Waals surface area contributed by atoms with Crippen LogP contribution in [0.5, 0.6) is 0 Å². The molecule has 1 aromatic heterocycles. The largest absolute Gasteiger partial charge is 0.233 e. The fourth-order valence-corrected chi connectivity index (χ4v) is 2.61. The van der Waals surface area contributed by atoms with Crippen LogP contribution < -0.4 is 0 Å². The number of hydrogen-bond donors (Lipinski definition) is 0. The lowest BCUT2D eigenvalue weighted by atomic mass is 9.87. The molecule has 0 atom stereocenters. The Morgan fingerprint density at radius 1 is 0.864 bits per heavy atom. The number of aryl methyl sites for hydroxylation is 1. The van der Waals surface area contributed by atoms with Gasteiger partial charge in [-0.3, -0.25) is 0 Å². The van der Waals surface area contributed by atoms with Gasteiger partial charge in [0.25, 0.3) is 0 Å². The molecule has 0 saturated carbocycles. The third kappa shape index (κ3) is 2.82. The Morgan fingerprint density at radius 2 is 1.50 bits per heavy atom. The molecule has 2 aromatic carbocycles. The van der Waals surface area contributed by atoms with Crippen molar-refractivity contribution >= 4 is 0 Å². The first kappa shape index (κ1) is 14.6. The molecule has 0 spiro atoms. The van der Waals surface area contributed by atoms with E-state index in [9.17, 15) is 0 Å². The van der Waals surface area contributed by atoms with Crippen LogP contribution in [0, 0.1) is 6.92 Å². The van der Waals surface area contributed by atoms with Gasteiger partial charge in [-0.2, -0.15) is 5.10 Å². The minimum absolute atomic E-state index is 0.167. The van der Waals surface area contributed by atoms with Crippen LogP contribution in [-0.2, 0) is 5.41 Å². The maximum Gasteiger partial charge on any atom is 0.0743 e. The van der Waals surface area contributed by atoms with Gasteiger partial charge in [0, 0.05) is 5.56 Å². The summed E-state index contributed by atoms with van der Waals surface area (Å²) in [6.07, 6.45) is 0. The second-order valence-corrected chi connectivity index (χ2v) is 6.75. The summed E-state index contributed by atoms with van der Waals surface area (Å²) in [6, 6.07) is 21.2. The molecule has 0 aliphatic heterocycles. The molecule has 0 radical (unpaired) electrons. The molecule has 2 nitrogen and oxygen atoms in total. The van der Waals surface area contributed by atoms with Gasteiger partial charge in [-0.1, -0.05) is 63.2 Å². The summed E-state index contributed by atoms with van der Waals surface area (Å²) in [6.45, 7) is 8.73. The molecule has 0 amide bonds. The van der Waals surface area contributed by atoms with Gasteiger partial charge in [-0.15, -0.1) is 0 Å². The van der Waals surface area contributed by atoms with Gasteiger partial charge in [0.05, 0.1) is 17.1 Å². The quantitative estimate of drug-likeness (QED) is 0.638. The molecule has 0 aliphatic rings. The van der Waals surface area contributed by atoms with Crippen LogP contribution >= 0.6 is 0 Å². The maximum atomic E-state index is 4.67. The Kier molecular flexibility index (Phi) is 3.61. The maximum absolute atomic E-state index is 4.67. The summed E-state index contributed by atoms with van der Waals surface area (Å²) in [7, 11) is 0. The second kappa shape index (κ2) is 5.45. The van der Waals surface area contributed by atoms with Gasteiger partial charge in [-0.25, -0.2) is 4.68 Å². The number of nitrogens with zero attached hydrogens (tertiary/aromatic N) is 2. The first-order valence-corrected chi connectivity index (χ1v) is 7.68. The number of aromatic nitrogens is 2. The van der Waals surface area contributed by atoms with E-state index in [1.54, 1.807) is 0 Å². The van der Waals surface area contributed by atoms with E-state index in [4.69, 9.17) is 0 Å². The number of benzene rings is 2. The molecule has 3 rings (SSSR count). The predicted molar refractivity (Wildman–Crippen MR) is 92.4 cm³/mol. The highest BCUT2D eigenvalue weighted by atomic mass is 15.3. The van der Waals surface area contributed by atoms with Gasteiger partial charge in [0.2, 0.25) is 0 Å². The lowest BCUT2D eigenvalue weighted by Crippen LogP contribution is -2.11. The standard InChI is InChI=1S/C20H22N2/c1-15-14-19(16-8-6-5-7-9-16)22(21-15)18-12-10-17(11-13-18)20(2,3)4/h5-14H,1-4H3. The highest BCUT2D eigenvalue weighted by Crippen LogP contribution is 2.26. The molecular weight excluding hydrogens is 268 g/mol. The first-order valence-electron chi connectivity index (χ1n) is 7.68. The van der Waals surface area contributed by atoms with Crippen LogP contribution in [0.1, 0.15) is 32.0 Å². The van der Waals surface area contributed by atoms with Crippen LogP contribution in [0.2, 0.25) is 0 Å². The van der Waals surface area contributed by atoms with Gasteiger partial charge >= 0.3 is 0 Å². The Hall–Kier alpha value is -2.35. The summed E-state index contributed by atoms with van der Waals surface area (Å²) in [5.74, 6) is 0. The Bertz CT molecular complexity index is 760. The van der Waals surface area contributed by atoms with Crippen molar-refractivity contribution in [2.45, 2.75) is 33.1 Å². The molecule has 112 valence electrons. The summed E-state index contributed by atoms with van der Waals surface area (Å²) < 4.78 is 2.02. The molecule has 2 heteroatoms. The Labute approximate surface area is 132 Å². The van der Waals surface area contributed by atoms with Gasteiger partial charge in [0.15, 0.2) is 0 Å². The fourth-order valence-electron chi connectivity index (χ4n) is 2.61. The van der Waals surface area contributed by atoms with E-state index in [0.29, 0.717) is 0 Å². The minimum atomic E-state index is 0.167. The molecule has 22 heavy (non-hydrogen) atoms. The SMILES string of the molecule is Cc1cc(-c2ccccc2)n(-c2ccc(C(C)(C)C)cc2)n1. The van der Waals surface area contributed by atoms with Crippen molar-refractivity contribution in [2.24, 2.45) is 0 Å². The summed E-state index contributed by atoms with van der Waals surface area (Å²) in [4.78, 5) is 0. The molecule has 0 N–H and O–H groups in total. The first-order chi connectivity index (χ1) is 10.4. The highest BCUT2D eigenvalue weighted by molar-refractivity contribution is 5.62. The zero-order chi connectivity index (χ0) is 15.7. The minimum Gasteiger partial charge on any atom is -0.233 e. The topological polar surface area (TPSA) is 17.8 Å². The monoisotopic (exact) mass is 290 g/mol. The normalized spacial score (nSPS) is 11.6. The smallest absolute Gasteiger partial charge is 0.0743 e. The van der Waals surface area contributed by atoms with E-state index >= 15 is 0 Å². The van der Waals surface area contributed by atoms with Crippen LogP contribution in [0.3, 0.4) is 0 Å². The molecular formula is C20H22N2. The van der Waals surface area contributed by atoms with E-state index in [1.165, 1.54) is 11.1 Å². The molecule has 3 aromatic rings. The van der Waals surface area contributed by atoms with Crippen molar-refractivity contribution in [3.8, 4) is 16.9 Å². The average Bonchev–Trinajstić information content (AvgIpc) is 2.89. The average molecular weight is 290 g/mol. The molecule has 0 unspecified atom stereocenters. The van der Waals surface area contributed by atoms with Gasteiger partial charge < -0.3 is 0 Å². The van der Waals surface area contributed by atoms with E-state index < -0.39 is 0 Å². The molecule has 0 fully saturated rings. The number of rotatable bonds is 2. The van der Waals surface area contributed by atoms with E-state index in [0.717, 1.165) is 17.1 Å². The van der Waals surface area contributed by atoms with E-state index in [2.05, 4.69) is 80.5 Å². The van der Waals surface area contributed by atoms with Crippen LogP contribution in [0.25, 0.3) is 16.9 Å². The van der Waals surface area contributed by atoms with Crippen LogP contribution in [-0.4, -0.2) is 9.78 Å². The molecule has 1 heterocycles. The molecule has 0 saturated heterocycles. The van der Waals surface area contributed by atoms with Crippen molar-refractivity contribution in [3.63, 3.8) is 0 Å². The highest BCUT2D eigenvalue weighted by Gasteiger charge is 2.14. The summed E-state index contributed by atoms with van der Waals surface area (Å²) in [5.41, 5.74) is 5.94. The zero-order valence-electron chi connectivity index (χ0n) is 13.7. The summed E-state index contributed by atoms with van der Waals surface area (Å²) in [5, 5.41) is 4.67. The zero-order valence-corrected chi connectivity index (χ0v) is 13.7.